The highest BCUT2D eigenvalue weighted by molar-refractivity contribution is 6.11. The molecule has 28 heavy (non-hydrogen) atoms. The van der Waals surface area contributed by atoms with E-state index >= 15 is 0 Å². The van der Waals surface area contributed by atoms with Crippen LogP contribution in [0.1, 0.15) is 42.4 Å². The van der Waals surface area contributed by atoms with Crippen molar-refractivity contribution in [2.45, 2.75) is 39.4 Å². The number of amides is 1. The Morgan fingerprint density at radius 3 is 2.64 bits per heavy atom. The molecule has 0 radical (unpaired) electrons. The van der Waals surface area contributed by atoms with Gasteiger partial charge in [0.1, 0.15) is 11.6 Å². The topological polar surface area (TPSA) is 77.8 Å². The fourth-order valence-electron chi connectivity index (χ4n) is 4.08. The molecule has 4 rings (SSSR count). The summed E-state index contributed by atoms with van der Waals surface area (Å²) in [7, 11) is 0. The number of benzene rings is 1. The Labute approximate surface area is 163 Å². The van der Waals surface area contributed by atoms with Gasteiger partial charge in [0.15, 0.2) is 0 Å². The maximum absolute atomic E-state index is 14.4. The smallest absolute Gasteiger partial charge is 0.255 e. The summed E-state index contributed by atoms with van der Waals surface area (Å²) in [6.45, 7) is 7.75. The van der Waals surface area contributed by atoms with Crippen molar-refractivity contribution >= 4 is 11.6 Å². The fourth-order valence-corrected chi connectivity index (χ4v) is 4.08. The number of pyridine rings is 1. The number of nitrogens with zero attached hydrogens (tertiary/aromatic N) is 3. The molecule has 0 spiro atoms. The van der Waals surface area contributed by atoms with Gasteiger partial charge in [-0.1, -0.05) is 0 Å². The number of phenolic OH excluding ortho intramolecular Hbond substituents is 1. The number of carbonyl (C=O) groups is 1. The van der Waals surface area contributed by atoms with E-state index in [0.29, 0.717) is 23.5 Å². The molecular formula is C21H23FN4O2. The van der Waals surface area contributed by atoms with Gasteiger partial charge in [-0.2, -0.15) is 0 Å². The molecule has 2 unspecified atom stereocenters. The average molecular weight is 382 g/mol. The molecule has 2 N–H and O–H groups in total. The molecule has 146 valence electrons. The maximum atomic E-state index is 14.4. The van der Waals surface area contributed by atoms with Gasteiger partial charge in [-0.25, -0.2) is 9.37 Å². The number of rotatable bonds is 2. The van der Waals surface area contributed by atoms with Crippen molar-refractivity contribution < 1.29 is 14.3 Å². The van der Waals surface area contributed by atoms with E-state index in [0.717, 1.165) is 30.4 Å². The average Bonchev–Trinajstić information content (AvgIpc) is 3.02. The fraction of sp³-hybridized carbons (Fsp3) is 0.381. The molecule has 2 atom stereocenters. The van der Waals surface area contributed by atoms with Crippen molar-refractivity contribution in [1.29, 1.82) is 0 Å². The lowest BCUT2D eigenvalue weighted by Gasteiger charge is -2.39. The zero-order valence-corrected chi connectivity index (χ0v) is 16.2. The van der Waals surface area contributed by atoms with E-state index in [9.17, 15) is 14.3 Å². The third-order valence-electron chi connectivity index (χ3n) is 5.44. The molecule has 0 saturated carbocycles. The second-order valence-corrected chi connectivity index (χ2v) is 7.51. The van der Waals surface area contributed by atoms with Gasteiger partial charge in [-0.15, -0.1) is 0 Å². The number of carbonyl (C=O) groups excluding carboxylic acids is 1. The summed E-state index contributed by atoms with van der Waals surface area (Å²) in [6.07, 6.45) is 0. The second kappa shape index (κ2) is 6.98. The molecule has 3 heterocycles. The molecule has 1 aromatic heterocycles. The van der Waals surface area contributed by atoms with Crippen LogP contribution in [0.2, 0.25) is 0 Å². The van der Waals surface area contributed by atoms with Crippen LogP contribution in [0, 0.1) is 5.82 Å². The first kappa shape index (κ1) is 18.6. The SMILES string of the molecule is CC1=NCc2nc(-c3ccc(O)cc3F)cc(C(=O)N3C(C)CNCC3C)c21. The normalized spacial score (nSPS) is 21.4. The zero-order chi connectivity index (χ0) is 20.0. The summed E-state index contributed by atoms with van der Waals surface area (Å²) in [5.41, 5.74) is 3.35. The first-order chi connectivity index (χ1) is 13.4. The van der Waals surface area contributed by atoms with Crippen LogP contribution in [0.5, 0.6) is 5.75 Å². The van der Waals surface area contributed by atoms with Crippen molar-refractivity contribution in [2.75, 3.05) is 13.1 Å². The first-order valence-corrected chi connectivity index (χ1v) is 9.44. The van der Waals surface area contributed by atoms with Crippen molar-refractivity contribution in [3.8, 4) is 17.0 Å². The predicted octanol–water partition coefficient (Wildman–Crippen LogP) is 2.74. The number of hydrogen-bond acceptors (Lipinski definition) is 5. The number of nitrogens with one attached hydrogen (secondary N) is 1. The number of halogens is 1. The van der Waals surface area contributed by atoms with Gasteiger partial charge in [0.25, 0.3) is 5.91 Å². The summed E-state index contributed by atoms with van der Waals surface area (Å²) >= 11 is 0. The van der Waals surface area contributed by atoms with Crippen LogP contribution in [0.25, 0.3) is 11.3 Å². The molecule has 0 aliphatic carbocycles. The molecule has 6 nitrogen and oxygen atoms in total. The number of aliphatic imine (C=N–C) groups is 1. The monoisotopic (exact) mass is 382 g/mol. The molecule has 2 aliphatic heterocycles. The van der Waals surface area contributed by atoms with E-state index in [1.807, 2.05) is 25.7 Å². The predicted molar refractivity (Wildman–Crippen MR) is 105 cm³/mol. The molecular weight excluding hydrogens is 359 g/mol. The maximum Gasteiger partial charge on any atom is 0.255 e. The van der Waals surface area contributed by atoms with E-state index < -0.39 is 5.82 Å². The highest BCUT2D eigenvalue weighted by Gasteiger charge is 2.33. The van der Waals surface area contributed by atoms with Gasteiger partial charge in [-0.3, -0.25) is 9.79 Å². The minimum absolute atomic E-state index is 0.0487. The quantitative estimate of drug-likeness (QED) is 0.837. The van der Waals surface area contributed by atoms with Crippen LogP contribution in [0.4, 0.5) is 4.39 Å². The zero-order valence-electron chi connectivity index (χ0n) is 16.2. The number of piperazine rings is 1. The standard InChI is InChI=1S/C21H23FN4O2/c1-11-8-23-9-12(2)26(11)21(28)16-7-18(15-5-4-14(27)6-17(15)22)25-19-10-24-13(3)20(16)19/h4-7,11-12,23,27H,8-10H2,1-3H3. The number of fused-ring (bicyclic) bond motifs is 1. The van der Waals surface area contributed by atoms with Gasteiger partial charge in [-0.05, 0) is 39.0 Å². The van der Waals surface area contributed by atoms with Gasteiger partial charge >= 0.3 is 0 Å². The Bertz CT molecular complexity index is 979. The lowest BCUT2D eigenvalue weighted by atomic mass is 9.97. The Kier molecular flexibility index (Phi) is 4.63. The van der Waals surface area contributed by atoms with E-state index in [-0.39, 0.29) is 29.3 Å². The van der Waals surface area contributed by atoms with E-state index in [2.05, 4.69) is 15.3 Å². The first-order valence-electron chi connectivity index (χ1n) is 9.44. The summed E-state index contributed by atoms with van der Waals surface area (Å²) in [6, 6.07) is 5.69. The van der Waals surface area contributed by atoms with Crippen LogP contribution >= 0.6 is 0 Å². The summed E-state index contributed by atoms with van der Waals surface area (Å²) < 4.78 is 14.4. The number of hydrogen-bond donors (Lipinski definition) is 2. The number of aromatic hydroxyl groups is 1. The van der Waals surface area contributed by atoms with E-state index in [4.69, 9.17) is 0 Å². The third kappa shape index (κ3) is 3.05. The Balaban J connectivity index is 1.85. The van der Waals surface area contributed by atoms with E-state index in [1.54, 1.807) is 6.07 Å². The van der Waals surface area contributed by atoms with Crippen molar-refractivity contribution in [1.82, 2.24) is 15.2 Å². The number of phenols is 1. The van der Waals surface area contributed by atoms with Crippen LogP contribution < -0.4 is 5.32 Å². The minimum atomic E-state index is -0.578. The van der Waals surface area contributed by atoms with Crippen LogP contribution in [0.3, 0.4) is 0 Å². The highest BCUT2D eigenvalue weighted by Crippen LogP contribution is 2.31. The van der Waals surface area contributed by atoms with Gasteiger partial charge < -0.3 is 15.3 Å². The Morgan fingerprint density at radius 2 is 1.96 bits per heavy atom. The second-order valence-electron chi connectivity index (χ2n) is 7.51. The van der Waals surface area contributed by atoms with Crippen molar-refractivity contribution in [2.24, 2.45) is 4.99 Å². The molecule has 2 aromatic rings. The molecule has 0 bridgehead atoms. The third-order valence-corrected chi connectivity index (χ3v) is 5.44. The molecule has 7 heteroatoms. The van der Waals surface area contributed by atoms with Crippen LogP contribution in [-0.2, 0) is 6.54 Å². The van der Waals surface area contributed by atoms with Crippen LogP contribution in [0.15, 0.2) is 29.3 Å². The van der Waals surface area contributed by atoms with Crippen LogP contribution in [-0.4, -0.2) is 51.8 Å². The molecule has 1 amide bonds. The Hall–Kier alpha value is -2.80. The largest absolute Gasteiger partial charge is 0.508 e. The highest BCUT2D eigenvalue weighted by atomic mass is 19.1. The summed E-state index contributed by atoms with van der Waals surface area (Å²) in [4.78, 5) is 24.4. The van der Waals surface area contributed by atoms with Crippen molar-refractivity contribution in [3.63, 3.8) is 0 Å². The van der Waals surface area contributed by atoms with Crippen molar-refractivity contribution in [3.05, 3.63) is 46.9 Å². The lowest BCUT2D eigenvalue weighted by molar-refractivity contribution is 0.0544. The molecule has 1 saturated heterocycles. The Morgan fingerprint density at radius 1 is 1.25 bits per heavy atom. The summed E-state index contributed by atoms with van der Waals surface area (Å²) in [5, 5.41) is 12.8. The van der Waals surface area contributed by atoms with Gasteiger partial charge in [0.2, 0.25) is 0 Å². The number of aromatic nitrogens is 1. The van der Waals surface area contributed by atoms with E-state index in [1.165, 1.54) is 12.1 Å². The van der Waals surface area contributed by atoms with Gasteiger partial charge in [0.05, 0.1) is 23.5 Å². The van der Waals surface area contributed by atoms with Gasteiger partial charge in [0, 0.05) is 48.1 Å². The molecule has 1 fully saturated rings. The minimum Gasteiger partial charge on any atom is -0.508 e. The molecule has 2 aliphatic rings. The lowest BCUT2D eigenvalue weighted by Crippen LogP contribution is -2.57. The summed E-state index contributed by atoms with van der Waals surface area (Å²) in [5.74, 6) is -0.816. The molecule has 1 aromatic carbocycles.